The Morgan fingerprint density at radius 3 is 2.40 bits per heavy atom. The first-order valence-corrected chi connectivity index (χ1v) is 10.5. The number of aromatic hydroxyl groups is 1. The topological polar surface area (TPSA) is 88.0 Å². The summed E-state index contributed by atoms with van der Waals surface area (Å²) >= 11 is 0. The quantitative estimate of drug-likeness (QED) is 0.314. The van der Waals surface area contributed by atoms with Crippen molar-refractivity contribution in [3.8, 4) is 11.5 Å². The molecule has 0 aromatic heterocycles. The third-order valence-electron chi connectivity index (χ3n) is 3.90. The summed E-state index contributed by atoms with van der Waals surface area (Å²) in [4.78, 5) is 2.18. The number of rotatable bonds is 13. The van der Waals surface area contributed by atoms with Crippen LogP contribution in [-0.2, 0) is 10.0 Å². The number of unbranched alkanes of at least 4 members (excludes halogenated alkanes) is 7. The van der Waals surface area contributed by atoms with E-state index in [1.807, 2.05) is 0 Å². The highest BCUT2D eigenvalue weighted by atomic mass is 32.2. The fraction of sp³-hybridized carbons (Fsp3) is 0.611. The second-order valence-corrected chi connectivity index (χ2v) is 7.89. The Bertz CT molecular complexity index is 630. The molecule has 0 spiro atoms. The van der Waals surface area contributed by atoms with Gasteiger partial charge in [-0.25, -0.2) is 13.2 Å². The van der Waals surface area contributed by atoms with Crippen molar-refractivity contribution in [2.75, 3.05) is 12.9 Å². The minimum absolute atomic E-state index is 0.00632. The van der Waals surface area contributed by atoms with Crippen molar-refractivity contribution in [1.29, 1.82) is 0 Å². The summed E-state index contributed by atoms with van der Waals surface area (Å²) in [5, 5.41) is 13.4. The van der Waals surface area contributed by atoms with E-state index in [9.17, 15) is 13.5 Å². The highest BCUT2D eigenvalue weighted by Crippen LogP contribution is 2.21. The smallest absolute Gasteiger partial charge is 0.247 e. The van der Waals surface area contributed by atoms with Crippen molar-refractivity contribution in [3.63, 3.8) is 0 Å². The van der Waals surface area contributed by atoms with Gasteiger partial charge in [0.1, 0.15) is 11.5 Å². The van der Waals surface area contributed by atoms with E-state index >= 15 is 0 Å². The van der Waals surface area contributed by atoms with Gasteiger partial charge in [-0.3, -0.25) is 0 Å². The van der Waals surface area contributed by atoms with Crippen LogP contribution in [0.2, 0.25) is 0 Å². The van der Waals surface area contributed by atoms with Gasteiger partial charge >= 0.3 is 0 Å². The van der Waals surface area contributed by atoms with Gasteiger partial charge in [-0.2, -0.15) is 5.10 Å². The lowest BCUT2D eigenvalue weighted by Gasteiger charge is -2.05. The standard InChI is InChI=1S/C18H30N2O4S/c1-3-4-5-6-7-8-9-10-13-25(22,23)20-19-15-16-14-17(24-2)11-12-18(16)21/h11-12,14-15,20-21H,3-10,13H2,1-2H3/b19-15+. The lowest BCUT2D eigenvalue weighted by molar-refractivity contribution is 0.412. The Hall–Kier alpha value is -1.76. The molecule has 0 fully saturated rings. The van der Waals surface area contributed by atoms with E-state index in [4.69, 9.17) is 4.74 Å². The highest BCUT2D eigenvalue weighted by Gasteiger charge is 2.08. The van der Waals surface area contributed by atoms with Crippen molar-refractivity contribution in [1.82, 2.24) is 4.83 Å². The number of hydrogen-bond acceptors (Lipinski definition) is 5. The van der Waals surface area contributed by atoms with Crippen LogP contribution in [0.15, 0.2) is 23.3 Å². The lowest BCUT2D eigenvalue weighted by Crippen LogP contribution is -2.21. The van der Waals surface area contributed by atoms with Gasteiger partial charge < -0.3 is 9.84 Å². The Morgan fingerprint density at radius 1 is 1.12 bits per heavy atom. The molecule has 0 bridgehead atoms. The van der Waals surface area contributed by atoms with Gasteiger partial charge in [0, 0.05) is 5.56 Å². The number of methoxy groups -OCH3 is 1. The fourth-order valence-electron chi connectivity index (χ4n) is 2.41. The average molecular weight is 371 g/mol. The van der Waals surface area contributed by atoms with Gasteiger partial charge in [-0.1, -0.05) is 51.9 Å². The maximum Gasteiger partial charge on any atom is 0.247 e. The Balaban J connectivity index is 2.31. The van der Waals surface area contributed by atoms with Crippen molar-refractivity contribution in [2.45, 2.75) is 58.3 Å². The highest BCUT2D eigenvalue weighted by molar-refractivity contribution is 7.89. The molecular formula is C18H30N2O4S. The molecule has 2 N–H and O–H groups in total. The van der Waals surface area contributed by atoms with E-state index in [1.54, 1.807) is 12.1 Å². The molecule has 1 aromatic carbocycles. The fourth-order valence-corrected chi connectivity index (χ4v) is 3.30. The van der Waals surface area contributed by atoms with E-state index in [-0.39, 0.29) is 11.5 Å². The number of phenolic OH excluding ortho intramolecular Hbond substituents is 1. The molecule has 0 radical (unpaired) electrons. The van der Waals surface area contributed by atoms with Crippen molar-refractivity contribution >= 4 is 16.2 Å². The van der Waals surface area contributed by atoms with Crippen LogP contribution in [0.25, 0.3) is 0 Å². The van der Waals surface area contributed by atoms with Gasteiger partial charge in [0.05, 0.1) is 19.1 Å². The summed E-state index contributed by atoms with van der Waals surface area (Å²) in [5.74, 6) is 0.622. The Kier molecular flexibility index (Phi) is 9.99. The molecule has 0 amide bonds. The molecule has 1 rings (SSSR count). The van der Waals surface area contributed by atoms with Gasteiger partial charge in [-0.15, -0.1) is 0 Å². The molecule has 0 aliphatic carbocycles. The van der Waals surface area contributed by atoms with Crippen LogP contribution in [0, 0.1) is 0 Å². The molecule has 142 valence electrons. The first kappa shape index (κ1) is 21.3. The summed E-state index contributed by atoms with van der Waals surface area (Å²) in [6, 6.07) is 4.65. The second-order valence-electron chi connectivity index (χ2n) is 6.07. The minimum Gasteiger partial charge on any atom is -0.507 e. The first-order chi connectivity index (χ1) is 12.0. The Morgan fingerprint density at radius 2 is 1.76 bits per heavy atom. The summed E-state index contributed by atoms with van der Waals surface area (Å²) in [6.07, 6.45) is 10.0. The predicted octanol–water partition coefficient (Wildman–Crippen LogP) is 3.79. The monoisotopic (exact) mass is 370 g/mol. The third-order valence-corrected chi connectivity index (χ3v) is 5.11. The maximum absolute atomic E-state index is 11.9. The molecule has 25 heavy (non-hydrogen) atoms. The summed E-state index contributed by atoms with van der Waals surface area (Å²) < 4.78 is 28.8. The second kappa shape index (κ2) is 11.7. The number of hydrogen-bond donors (Lipinski definition) is 2. The van der Waals surface area contributed by atoms with E-state index in [0.717, 1.165) is 12.8 Å². The molecule has 6 nitrogen and oxygen atoms in total. The number of sulfonamides is 1. The van der Waals surface area contributed by atoms with E-state index < -0.39 is 10.0 Å². The van der Waals surface area contributed by atoms with Crippen LogP contribution < -0.4 is 9.57 Å². The van der Waals surface area contributed by atoms with Gasteiger partial charge in [0.2, 0.25) is 10.0 Å². The molecule has 1 aromatic rings. The number of ether oxygens (including phenoxy) is 1. The van der Waals surface area contributed by atoms with E-state index in [2.05, 4.69) is 16.9 Å². The van der Waals surface area contributed by atoms with Crippen LogP contribution in [-0.4, -0.2) is 32.6 Å². The molecule has 0 aliphatic rings. The molecule has 0 saturated heterocycles. The summed E-state index contributed by atoms with van der Waals surface area (Å²) in [5.41, 5.74) is 0.383. The maximum atomic E-state index is 11.9. The van der Waals surface area contributed by atoms with Crippen LogP contribution >= 0.6 is 0 Å². The summed E-state index contributed by atoms with van der Waals surface area (Å²) in [6.45, 7) is 2.19. The first-order valence-electron chi connectivity index (χ1n) is 8.88. The van der Waals surface area contributed by atoms with Crippen molar-refractivity contribution in [3.05, 3.63) is 23.8 Å². The average Bonchev–Trinajstić information content (AvgIpc) is 2.59. The minimum atomic E-state index is -3.44. The largest absolute Gasteiger partial charge is 0.507 e. The van der Waals surface area contributed by atoms with Crippen molar-refractivity contribution in [2.24, 2.45) is 5.10 Å². The van der Waals surface area contributed by atoms with Gasteiger partial charge in [-0.05, 0) is 24.6 Å². The van der Waals surface area contributed by atoms with Crippen LogP contribution in [0.4, 0.5) is 0 Å². The number of nitrogens with zero attached hydrogens (tertiary/aromatic N) is 1. The molecule has 0 atom stereocenters. The SMILES string of the molecule is CCCCCCCCCCS(=O)(=O)N/N=C/c1cc(OC)ccc1O. The van der Waals surface area contributed by atoms with Crippen LogP contribution in [0.3, 0.4) is 0 Å². The van der Waals surface area contributed by atoms with E-state index in [1.165, 1.54) is 51.5 Å². The zero-order valence-electron chi connectivity index (χ0n) is 15.2. The molecule has 0 aliphatic heterocycles. The zero-order valence-corrected chi connectivity index (χ0v) is 16.0. The normalized spacial score (nSPS) is 11.8. The molecule has 0 unspecified atom stereocenters. The number of benzene rings is 1. The molecule has 7 heteroatoms. The molecule has 0 heterocycles. The van der Waals surface area contributed by atoms with Crippen molar-refractivity contribution < 1.29 is 18.3 Å². The van der Waals surface area contributed by atoms with Crippen LogP contribution in [0.1, 0.15) is 63.9 Å². The zero-order chi connectivity index (χ0) is 18.5. The van der Waals surface area contributed by atoms with E-state index in [0.29, 0.717) is 17.7 Å². The number of phenols is 1. The molecule has 0 saturated carbocycles. The third kappa shape index (κ3) is 9.34. The Labute approximate surface area is 151 Å². The van der Waals surface area contributed by atoms with Gasteiger partial charge in [0.15, 0.2) is 0 Å². The summed E-state index contributed by atoms with van der Waals surface area (Å²) in [7, 11) is -1.93. The lowest BCUT2D eigenvalue weighted by atomic mass is 10.1. The predicted molar refractivity (Wildman–Crippen MR) is 102 cm³/mol. The van der Waals surface area contributed by atoms with Gasteiger partial charge in [0.25, 0.3) is 0 Å². The number of hydrazone groups is 1. The molecular weight excluding hydrogens is 340 g/mol. The number of nitrogens with one attached hydrogen (secondary N) is 1. The van der Waals surface area contributed by atoms with Crippen LogP contribution in [0.5, 0.6) is 11.5 Å².